The van der Waals surface area contributed by atoms with E-state index < -0.39 is 0 Å². The number of nitrogens with zero attached hydrogens (tertiary/aromatic N) is 4. The lowest BCUT2D eigenvalue weighted by molar-refractivity contribution is -0.127. The summed E-state index contributed by atoms with van der Waals surface area (Å²) in [6.45, 7) is 2.39. The van der Waals surface area contributed by atoms with E-state index in [4.69, 9.17) is 9.72 Å². The van der Waals surface area contributed by atoms with Crippen LogP contribution in [0, 0.1) is 0 Å². The van der Waals surface area contributed by atoms with Crippen molar-refractivity contribution in [3.8, 4) is 0 Å². The molecule has 8 heteroatoms. The highest BCUT2D eigenvalue weighted by Gasteiger charge is 2.19. The summed E-state index contributed by atoms with van der Waals surface area (Å²) in [4.78, 5) is 26.4. The second-order valence-corrected chi connectivity index (χ2v) is 8.65. The van der Waals surface area contributed by atoms with Crippen LogP contribution in [-0.4, -0.2) is 73.6 Å². The molecule has 0 bridgehead atoms. The number of hydrogen-bond acceptors (Lipinski definition) is 5. The molecular formula is C19H31N5O2S. The second-order valence-electron chi connectivity index (χ2n) is 7.48. The Morgan fingerprint density at radius 3 is 2.81 bits per heavy atom. The highest BCUT2D eigenvalue weighted by Crippen LogP contribution is 2.27. The van der Waals surface area contributed by atoms with E-state index in [1.807, 2.05) is 18.4 Å². The number of aryl methyl sites for hydroxylation is 2. The predicted octanol–water partition coefficient (Wildman–Crippen LogP) is 1.67. The molecule has 1 amide bonds. The molecular weight excluding hydrogens is 362 g/mol. The van der Waals surface area contributed by atoms with Gasteiger partial charge < -0.3 is 19.9 Å². The van der Waals surface area contributed by atoms with E-state index in [0.29, 0.717) is 13.1 Å². The third kappa shape index (κ3) is 5.65. The Morgan fingerprint density at radius 1 is 1.30 bits per heavy atom. The van der Waals surface area contributed by atoms with Crippen LogP contribution in [-0.2, 0) is 28.9 Å². The van der Waals surface area contributed by atoms with E-state index >= 15 is 0 Å². The number of aliphatic imine (C=N–C) groups is 1. The lowest BCUT2D eigenvalue weighted by Crippen LogP contribution is -2.42. The minimum absolute atomic E-state index is 0.00970. The maximum Gasteiger partial charge on any atom is 0.243 e. The van der Waals surface area contributed by atoms with Gasteiger partial charge in [0, 0.05) is 39.2 Å². The predicted molar refractivity (Wildman–Crippen MR) is 108 cm³/mol. The number of aromatic nitrogens is 1. The maximum absolute atomic E-state index is 12.0. The fourth-order valence-electron chi connectivity index (χ4n) is 3.36. The minimum Gasteiger partial charge on any atom is -0.376 e. The molecule has 1 N–H and O–H groups in total. The molecule has 150 valence electrons. The summed E-state index contributed by atoms with van der Waals surface area (Å²) in [6, 6.07) is 0. The van der Waals surface area contributed by atoms with Gasteiger partial charge in [-0.25, -0.2) is 9.98 Å². The summed E-state index contributed by atoms with van der Waals surface area (Å²) in [6.07, 6.45) is 7.18. The highest BCUT2D eigenvalue weighted by molar-refractivity contribution is 7.11. The van der Waals surface area contributed by atoms with Crippen LogP contribution in [0.2, 0.25) is 0 Å². The molecule has 0 spiro atoms. The fraction of sp³-hybridized carbons (Fsp3) is 0.737. The number of carbonyl (C=O) groups is 1. The van der Waals surface area contributed by atoms with Crippen LogP contribution in [0.4, 0.5) is 0 Å². The van der Waals surface area contributed by atoms with Crippen LogP contribution in [0.5, 0.6) is 0 Å². The van der Waals surface area contributed by atoms with Crippen molar-refractivity contribution >= 4 is 23.2 Å². The van der Waals surface area contributed by atoms with Gasteiger partial charge in [-0.05, 0) is 38.5 Å². The second kappa shape index (κ2) is 9.50. The van der Waals surface area contributed by atoms with E-state index in [1.54, 1.807) is 19.0 Å². The van der Waals surface area contributed by atoms with Gasteiger partial charge in [-0.3, -0.25) is 4.79 Å². The van der Waals surface area contributed by atoms with Crippen LogP contribution in [0.25, 0.3) is 0 Å². The van der Waals surface area contributed by atoms with E-state index in [9.17, 15) is 4.79 Å². The quantitative estimate of drug-likeness (QED) is 0.588. The molecule has 1 aliphatic heterocycles. The Labute approximate surface area is 165 Å². The average molecular weight is 394 g/mol. The summed E-state index contributed by atoms with van der Waals surface area (Å²) >= 11 is 1.82. The molecule has 0 aromatic carbocycles. The van der Waals surface area contributed by atoms with Crippen molar-refractivity contribution in [2.75, 3.05) is 40.8 Å². The number of amides is 1. The lowest BCUT2D eigenvalue weighted by Gasteiger charge is -2.23. The van der Waals surface area contributed by atoms with Gasteiger partial charge in [-0.15, -0.1) is 11.3 Å². The first-order valence-corrected chi connectivity index (χ1v) is 10.6. The Balaban J connectivity index is 1.64. The van der Waals surface area contributed by atoms with Crippen LogP contribution in [0.1, 0.15) is 41.3 Å². The summed E-state index contributed by atoms with van der Waals surface area (Å²) in [7, 11) is 5.50. The number of carbonyl (C=O) groups excluding carboxylic acids is 1. The molecule has 0 saturated carbocycles. The van der Waals surface area contributed by atoms with Gasteiger partial charge in [0.2, 0.25) is 5.91 Å². The van der Waals surface area contributed by atoms with Crippen LogP contribution in [0.3, 0.4) is 0 Å². The smallest absolute Gasteiger partial charge is 0.243 e. The zero-order valence-electron chi connectivity index (χ0n) is 16.7. The van der Waals surface area contributed by atoms with Gasteiger partial charge in [0.05, 0.1) is 18.3 Å². The molecule has 3 rings (SSSR count). The molecule has 1 aromatic rings. The number of guanidine groups is 1. The molecule has 1 aromatic heterocycles. The molecule has 1 atom stereocenters. The molecule has 1 unspecified atom stereocenters. The lowest BCUT2D eigenvalue weighted by atomic mass is 10.0. The highest BCUT2D eigenvalue weighted by atomic mass is 32.1. The van der Waals surface area contributed by atoms with Crippen molar-refractivity contribution in [3.05, 3.63) is 15.6 Å². The van der Waals surface area contributed by atoms with E-state index in [1.165, 1.54) is 23.4 Å². The number of fused-ring (bicyclic) bond motifs is 1. The number of nitrogens with one attached hydrogen (secondary N) is 1. The molecule has 1 aliphatic carbocycles. The van der Waals surface area contributed by atoms with Gasteiger partial charge >= 0.3 is 0 Å². The SMILES string of the molecule is CN(C)C(=O)CN=C(NCC1CCCO1)N(C)Cc1nc2c(s1)CCCC2. The van der Waals surface area contributed by atoms with E-state index in [-0.39, 0.29) is 18.6 Å². The molecule has 1 fully saturated rings. The Morgan fingerprint density at radius 2 is 2.11 bits per heavy atom. The zero-order chi connectivity index (χ0) is 19.2. The third-order valence-electron chi connectivity index (χ3n) is 5.00. The topological polar surface area (TPSA) is 70.1 Å². The zero-order valence-corrected chi connectivity index (χ0v) is 17.5. The Hall–Kier alpha value is -1.67. The normalized spacial score (nSPS) is 19.7. The number of hydrogen-bond donors (Lipinski definition) is 1. The van der Waals surface area contributed by atoms with Crippen molar-refractivity contribution in [3.63, 3.8) is 0 Å². The van der Waals surface area contributed by atoms with Crippen LogP contribution in [0.15, 0.2) is 4.99 Å². The molecule has 2 heterocycles. The van der Waals surface area contributed by atoms with E-state index in [2.05, 4.69) is 15.2 Å². The van der Waals surface area contributed by atoms with E-state index in [0.717, 1.165) is 43.3 Å². The summed E-state index contributed by atoms with van der Waals surface area (Å²) < 4.78 is 5.70. The summed E-state index contributed by atoms with van der Waals surface area (Å²) in [5, 5.41) is 4.52. The number of likely N-dealkylation sites (N-methyl/N-ethyl adjacent to an activating group) is 1. The van der Waals surface area contributed by atoms with Crippen molar-refractivity contribution in [2.24, 2.45) is 4.99 Å². The number of thiazole rings is 1. The molecule has 0 radical (unpaired) electrons. The standard InChI is InChI=1S/C19H31N5O2S/c1-23(2)18(25)12-21-19(20-11-14-7-6-10-26-14)24(3)13-17-22-15-8-4-5-9-16(15)27-17/h14H,4-13H2,1-3H3,(H,20,21). The van der Waals surface area contributed by atoms with Gasteiger partial charge in [0.15, 0.2) is 5.96 Å². The maximum atomic E-state index is 12.0. The van der Waals surface area contributed by atoms with Crippen LogP contribution >= 0.6 is 11.3 Å². The Bertz CT molecular complexity index is 644. The fourth-order valence-corrected chi connectivity index (χ4v) is 4.57. The first-order valence-electron chi connectivity index (χ1n) is 9.81. The van der Waals surface area contributed by atoms with Crippen molar-refractivity contribution in [2.45, 2.75) is 51.2 Å². The Kier molecular flexibility index (Phi) is 7.07. The number of ether oxygens (including phenoxy) is 1. The van der Waals surface area contributed by atoms with Crippen molar-refractivity contribution in [1.29, 1.82) is 0 Å². The van der Waals surface area contributed by atoms with Gasteiger partial charge in [0.25, 0.3) is 0 Å². The largest absolute Gasteiger partial charge is 0.376 e. The molecule has 2 aliphatic rings. The first-order chi connectivity index (χ1) is 13.0. The monoisotopic (exact) mass is 393 g/mol. The van der Waals surface area contributed by atoms with Crippen molar-refractivity contribution in [1.82, 2.24) is 20.1 Å². The summed E-state index contributed by atoms with van der Waals surface area (Å²) in [5.41, 5.74) is 1.28. The molecule has 1 saturated heterocycles. The molecule has 7 nitrogen and oxygen atoms in total. The van der Waals surface area contributed by atoms with Crippen LogP contribution < -0.4 is 5.32 Å². The third-order valence-corrected chi connectivity index (χ3v) is 6.14. The molecule has 27 heavy (non-hydrogen) atoms. The summed E-state index contributed by atoms with van der Waals surface area (Å²) in [5.74, 6) is 0.721. The van der Waals surface area contributed by atoms with Gasteiger partial charge in [-0.2, -0.15) is 0 Å². The average Bonchev–Trinajstić information content (AvgIpc) is 3.29. The van der Waals surface area contributed by atoms with Crippen molar-refractivity contribution < 1.29 is 9.53 Å². The minimum atomic E-state index is -0.00970. The number of rotatable bonds is 6. The van der Waals surface area contributed by atoms with Gasteiger partial charge in [0.1, 0.15) is 11.6 Å². The van der Waals surface area contributed by atoms with Gasteiger partial charge in [-0.1, -0.05) is 0 Å². The first kappa shape index (κ1) is 20.1.